The minimum Gasteiger partial charge on any atom is -0.358 e. The van der Waals surface area contributed by atoms with Gasteiger partial charge >= 0.3 is 0 Å². The van der Waals surface area contributed by atoms with Crippen molar-refractivity contribution in [3.05, 3.63) is 77.2 Å². The Balaban J connectivity index is 1.22. The first-order valence-corrected chi connectivity index (χ1v) is 10.5. The van der Waals surface area contributed by atoms with E-state index in [-0.39, 0.29) is 5.82 Å². The summed E-state index contributed by atoms with van der Waals surface area (Å²) in [7, 11) is 0. The van der Waals surface area contributed by atoms with Crippen molar-refractivity contribution in [1.82, 2.24) is 10.3 Å². The summed E-state index contributed by atoms with van der Waals surface area (Å²) in [6.45, 7) is 0.970. The smallest absolute Gasteiger partial charge is 0.125 e. The first kappa shape index (κ1) is 17.7. The van der Waals surface area contributed by atoms with Crippen LogP contribution < -0.4 is 5.32 Å². The third kappa shape index (κ3) is 3.51. The Labute approximate surface area is 165 Å². The van der Waals surface area contributed by atoms with E-state index >= 15 is 0 Å². The first-order valence-electron chi connectivity index (χ1n) is 10.5. The third-order valence-electron chi connectivity index (χ3n) is 6.54. The van der Waals surface area contributed by atoms with Crippen LogP contribution in [-0.2, 0) is 12.8 Å². The molecule has 2 atom stereocenters. The van der Waals surface area contributed by atoms with Gasteiger partial charge in [-0.25, -0.2) is 4.39 Å². The maximum absolute atomic E-state index is 13.5. The molecule has 2 heterocycles. The molecular formula is C25H27FN2. The molecule has 2 unspecified atom stereocenters. The van der Waals surface area contributed by atoms with Gasteiger partial charge in [-0.15, -0.1) is 0 Å². The molecular weight excluding hydrogens is 347 g/mol. The molecule has 2 aromatic carbocycles. The van der Waals surface area contributed by atoms with Crippen molar-refractivity contribution in [2.45, 2.75) is 44.6 Å². The predicted molar refractivity (Wildman–Crippen MR) is 114 cm³/mol. The van der Waals surface area contributed by atoms with Crippen LogP contribution in [0.4, 0.5) is 4.39 Å². The van der Waals surface area contributed by atoms with Crippen LogP contribution in [0.15, 0.2) is 54.6 Å². The molecule has 2 nitrogen and oxygen atoms in total. The van der Waals surface area contributed by atoms with Gasteiger partial charge in [0.2, 0.25) is 0 Å². The van der Waals surface area contributed by atoms with Crippen LogP contribution >= 0.6 is 0 Å². The first-order chi connectivity index (χ1) is 13.8. The number of halogens is 1. The number of aryl methyl sites for hydroxylation is 1. The lowest BCUT2D eigenvalue weighted by Gasteiger charge is -2.28. The zero-order valence-corrected chi connectivity index (χ0v) is 16.2. The van der Waals surface area contributed by atoms with E-state index in [1.807, 2.05) is 6.07 Å². The van der Waals surface area contributed by atoms with Gasteiger partial charge in [0.25, 0.3) is 0 Å². The van der Waals surface area contributed by atoms with Crippen LogP contribution in [0.5, 0.6) is 0 Å². The molecule has 1 aromatic heterocycles. The second-order valence-corrected chi connectivity index (χ2v) is 8.36. The van der Waals surface area contributed by atoms with Crippen LogP contribution in [-0.4, -0.2) is 17.6 Å². The molecule has 0 amide bonds. The average molecular weight is 375 g/mol. The molecule has 0 saturated heterocycles. The molecule has 0 saturated carbocycles. The maximum atomic E-state index is 13.5. The summed E-state index contributed by atoms with van der Waals surface area (Å²) in [5.74, 6) is 0.567. The molecule has 5 rings (SSSR count). The second-order valence-electron chi connectivity index (χ2n) is 8.36. The van der Waals surface area contributed by atoms with Gasteiger partial charge in [0.1, 0.15) is 5.82 Å². The number of aromatic nitrogens is 1. The summed E-state index contributed by atoms with van der Waals surface area (Å²) in [5, 5.41) is 4.90. The number of rotatable bonds is 4. The Morgan fingerprint density at radius 1 is 1.00 bits per heavy atom. The number of benzene rings is 2. The van der Waals surface area contributed by atoms with Crippen LogP contribution in [0.2, 0.25) is 0 Å². The standard InChI is InChI=1S/C25H27FN2/c26-20-8-10-22-23-14-17(7-11-24(23)28-25(22)16-20)6-9-21-15-19(12-13-27-21)18-4-2-1-3-5-18/h1-5,8,10,12,16-17,21,27-28H,6-7,9,11,13-15H2. The van der Waals surface area contributed by atoms with Gasteiger partial charge in [-0.05, 0) is 79.3 Å². The molecule has 0 spiro atoms. The fourth-order valence-electron chi connectivity index (χ4n) is 5.01. The Hall–Kier alpha value is -2.39. The lowest BCUT2D eigenvalue weighted by molar-refractivity contribution is 0.374. The van der Waals surface area contributed by atoms with Crippen LogP contribution in [0.25, 0.3) is 16.5 Å². The van der Waals surface area contributed by atoms with Gasteiger partial charge < -0.3 is 10.3 Å². The Morgan fingerprint density at radius 3 is 2.79 bits per heavy atom. The summed E-state index contributed by atoms with van der Waals surface area (Å²) in [6, 6.07) is 16.5. The summed E-state index contributed by atoms with van der Waals surface area (Å²) < 4.78 is 13.5. The van der Waals surface area contributed by atoms with Crippen molar-refractivity contribution < 1.29 is 4.39 Å². The van der Waals surface area contributed by atoms with E-state index in [2.05, 4.69) is 46.7 Å². The van der Waals surface area contributed by atoms with Crippen LogP contribution in [0.1, 0.15) is 42.5 Å². The van der Waals surface area contributed by atoms with E-state index in [1.165, 1.54) is 47.0 Å². The monoisotopic (exact) mass is 374 g/mol. The van der Waals surface area contributed by atoms with E-state index < -0.39 is 0 Å². The maximum Gasteiger partial charge on any atom is 0.125 e. The van der Waals surface area contributed by atoms with Gasteiger partial charge in [-0.3, -0.25) is 0 Å². The van der Waals surface area contributed by atoms with E-state index in [0.717, 1.165) is 37.2 Å². The predicted octanol–water partition coefficient (Wildman–Crippen LogP) is 5.64. The summed E-state index contributed by atoms with van der Waals surface area (Å²) in [5.41, 5.74) is 6.54. The van der Waals surface area contributed by atoms with Crippen LogP contribution in [0.3, 0.4) is 0 Å². The summed E-state index contributed by atoms with van der Waals surface area (Å²) >= 11 is 0. The van der Waals surface area contributed by atoms with Gasteiger partial charge in [0.05, 0.1) is 0 Å². The highest BCUT2D eigenvalue weighted by Crippen LogP contribution is 2.34. The molecule has 0 bridgehead atoms. The number of hydrogen-bond acceptors (Lipinski definition) is 1. The van der Waals surface area contributed by atoms with Crippen molar-refractivity contribution in [1.29, 1.82) is 0 Å². The Morgan fingerprint density at radius 2 is 1.89 bits per heavy atom. The zero-order chi connectivity index (χ0) is 18.9. The molecule has 144 valence electrons. The number of H-pyrrole nitrogens is 1. The lowest BCUT2D eigenvalue weighted by atomic mass is 9.82. The van der Waals surface area contributed by atoms with Gasteiger partial charge in [-0.2, -0.15) is 0 Å². The minimum atomic E-state index is -0.159. The minimum absolute atomic E-state index is 0.159. The van der Waals surface area contributed by atoms with E-state index in [9.17, 15) is 4.39 Å². The van der Waals surface area contributed by atoms with Gasteiger partial charge in [-0.1, -0.05) is 36.4 Å². The van der Waals surface area contributed by atoms with Crippen molar-refractivity contribution >= 4 is 16.5 Å². The van der Waals surface area contributed by atoms with E-state index in [4.69, 9.17) is 0 Å². The van der Waals surface area contributed by atoms with Crippen LogP contribution in [0, 0.1) is 11.7 Å². The lowest BCUT2D eigenvalue weighted by Crippen LogP contribution is -2.33. The fourth-order valence-corrected chi connectivity index (χ4v) is 5.01. The highest BCUT2D eigenvalue weighted by Gasteiger charge is 2.24. The molecule has 28 heavy (non-hydrogen) atoms. The fraction of sp³-hybridized carbons (Fsp3) is 0.360. The molecule has 0 radical (unpaired) electrons. The number of hydrogen-bond donors (Lipinski definition) is 2. The van der Waals surface area contributed by atoms with Crippen molar-refractivity contribution in [2.75, 3.05) is 6.54 Å². The number of fused-ring (bicyclic) bond motifs is 3. The van der Waals surface area contributed by atoms with Gasteiger partial charge in [0, 0.05) is 29.2 Å². The van der Waals surface area contributed by atoms with E-state index in [1.54, 1.807) is 12.1 Å². The topological polar surface area (TPSA) is 27.8 Å². The zero-order valence-electron chi connectivity index (χ0n) is 16.2. The Kier molecular flexibility index (Phi) is 4.77. The Bertz CT molecular complexity index is 1000. The molecule has 2 N–H and O–H groups in total. The summed E-state index contributed by atoms with van der Waals surface area (Å²) in [6.07, 6.45) is 9.38. The quantitative estimate of drug-likeness (QED) is 0.608. The number of aromatic amines is 1. The average Bonchev–Trinajstić information content (AvgIpc) is 3.10. The number of nitrogens with one attached hydrogen (secondary N) is 2. The van der Waals surface area contributed by atoms with Gasteiger partial charge in [0.15, 0.2) is 0 Å². The largest absolute Gasteiger partial charge is 0.358 e. The highest BCUT2D eigenvalue weighted by atomic mass is 19.1. The summed E-state index contributed by atoms with van der Waals surface area (Å²) in [4.78, 5) is 3.45. The third-order valence-corrected chi connectivity index (χ3v) is 6.54. The molecule has 3 aromatic rings. The van der Waals surface area contributed by atoms with Crippen molar-refractivity contribution in [3.8, 4) is 0 Å². The molecule has 1 aliphatic heterocycles. The van der Waals surface area contributed by atoms with Crippen molar-refractivity contribution in [2.24, 2.45) is 5.92 Å². The SMILES string of the molecule is Fc1ccc2c3c([nH]c2c1)CCC(CCC1CC(c2ccccc2)=CCN1)C3. The van der Waals surface area contributed by atoms with E-state index in [0.29, 0.717) is 6.04 Å². The molecule has 3 heteroatoms. The molecule has 2 aliphatic rings. The highest BCUT2D eigenvalue weighted by molar-refractivity contribution is 5.85. The molecule has 0 fully saturated rings. The second kappa shape index (κ2) is 7.56. The van der Waals surface area contributed by atoms with Crippen molar-refractivity contribution in [3.63, 3.8) is 0 Å². The normalized spacial score (nSPS) is 22.1. The molecule has 1 aliphatic carbocycles.